The molecule has 0 radical (unpaired) electrons. The lowest BCUT2D eigenvalue weighted by atomic mass is 10.2. The van der Waals surface area contributed by atoms with Gasteiger partial charge in [-0.3, -0.25) is 9.59 Å². The number of nitrogens with one attached hydrogen (secondary N) is 1. The standard InChI is InChI=1S/C16H24N2O5S2/c1-11-6-7-13(25(21,22)18(3)4)10-14(11)17-16(20)12(2)24-9-8-15(19)23-5/h6-7,10,12H,8-9H2,1-5H3,(H,17,20). The highest BCUT2D eigenvalue weighted by atomic mass is 32.2. The average molecular weight is 389 g/mol. The smallest absolute Gasteiger partial charge is 0.306 e. The van der Waals surface area contributed by atoms with E-state index in [1.807, 2.05) is 0 Å². The van der Waals surface area contributed by atoms with Gasteiger partial charge in [-0.1, -0.05) is 6.07 Å². The van der Waals surface area contributed by atoms with Gasteiger partial charge in [0.25, 0.3) is 0 Å². The Labute approximate surface area is 153 Å². The van der Waals surface area contributed by atoms with Crippen molar-refractivity contribution in [1.29, 1.82) is 0 Å². The molecule has 0 saturated carbocycles. The van der Waals surface area contributed by atoms with E-state index in [2.05, 4.69) is 10.1 Å². The summed E-state index contributed by atoms with van der Waals surface area (Å²) >= 11 is 1.33. The Morgan fingerprint density at radius 3 is 2.52 bits per heavy atom. The number of hydrogen-bond acceptors (Lipinski definition) is 6. The minimum atomic E-state index is -3.57. The summed E-state index contributed by atoms with van der Waals surface area (Å²) in [7, 11) is 0.650. The van der Waals surface area contributed by atoms with Crippen LogP contribution < -0.4 is 5.32 Å². The van der Waals surface area contributed by atoms with Crippen LogP contribution in [0.1, 0.15) is 18.9 Å². The summed E-state index contributed by atoms with van der Waals surface area (Å²) < 4.78 is 30.1. The Kier molecular flexibility index (Phi) is 7.91. The van der Waals surface area contributed by atoms with Crippen molar-refractivity contribution in [2.75, 3.05) is 32.3 Å². The van der Waals surface area contributed by atoms with E-state index in [-0.39, 0.29) is 23.2 Å². The first kappa shape index (κ1) is 21.5. The molecule has 0 saturated heterocycles. The van der Waals surface area contributed by atoms with Gasteiger partial charge >= 0.3 is 5.97 Å². The van der Waals surface area contributed by atoms with Crippen LogP contribution in [0.25, 0.3) is 0 Å². The quantitative estimate of drug-likeness (QED) is 0.684. The van der Waals surface area contributed by atoms with Crippen molar-refractivity contribution in [3.63, 3.8) is 0 Å². The van der Waals surface area contributed by atoms with Gasteiger partial charge in [0, 0.05) is 25.5 Å². The van der Waals surface area contributed by atoms with Gasteiger partial charge in [-0.15, -0.1) is 11.8 Å². The van der Waals surface area contributed by atoms with E-state index in [1.54, 1.807) is 19.9 Å². The minimum absolute atomic E-state index is 0.115. The molecule has 7 nitrogen and oxygen atoms in total. The number of carbonyl (C=O) groups is 2. The first-order valence-corrected chi connectivity index (χ1v) is 10.1. The lowest BCUT2D eigenvalue weighted by Gasteiger charge is -2.16. The van der Waals surface area contributed by atoms with Crippen LogP contribution in [-0.2, 0) is 24.3 Å². The molecular weight excluding hydrogens is 364 g/mol. The Morgan fingerprint density at radius 2 is 1.96 bits per heavy atom. The van der Waals surface area contributed by atoms with Crippen LogP contribution in [0.15, 0.2) is 23.1 Å². The third kappa shape index (κ3) is 6.02. The van der Waals surface area contributed by atoms with Crippen LogP contribution in [-0.4, -0.2) is 56.8 Å². The van der Waals surface area contributed by atoms with E-state index in [9.17, 15) is 18.0 Å². The van der Waals surface area contributed by atoms with Crippen LogP contribution >= 0.6 is 11.8 Å². The minimum Gasteiger partial charge on any atom is -0.469 e. The number of amides is 1. The average Bonchev–Trinajstić information content (AvgIpc) is 2.55. The molecule has 0 aromatic heterocycles. The fourth-order valence-electron chi connectivity index (χ4n) is 1.84. The van der Waals surface area contributed by atoms with Crippen LogP contribution in [0.3, 0.4) is 0 Å². The molecule has 0 aliphatic heterocycles. The zero-order chi connectivity index (χ0) is 19.2. The number of esters is 1. The molecular formula is C16H24N2O5S2. The highest BCUT2D eigenvalue weighted by Crippen LogP contribution is 2.23. The number of thioether (sulfide) groups is 1. The number of rotatable bonds is 8. The number of aryl methyl sites for hydroxylation is 1. The molecule has 1 unspecified atom stereocenters. The van der Waals surface area contributed by atoms with E-state index in [0.717, 1.165) is 9.87 Å². The van der Waals surface area contributed by atoms with Gasteiger partial charge in [-0.25, -0.2) is 12.7 Å². The predicted octanol–water partition coefficient (Wildman–Crippen LogP) is 1.87. The topological polar surface area (TPSA) is 92.8 Å². The van der Waals surface area contributed by atoms with E-state index < -0.39 is 15.3 Å². The van der Waals surface area contributed by atoms with Crippen molar-refractivity contribution in [3.8, 4) is 0 Å². The second-order valence-corrected chi connectivity index (χ2v) is 9.19. The molecule has 0 aliphatic rings. The number of benzene rings is 1. The summed E-state index contributed by atoms with van der Waals surface area (Å²) in [5, 5.41) is 2.36. The summed E-state index contributed by atoms with van der Waals surface area (Å²) in [5.41, 5.74) is 1.21. The zero-order valence-corrected chi connectivity index (χ0v) is 16.7. The number of nitrogens with zero attached hydrogens (tertiary/aromatic N) is 1. The van der Waals surface area contributed by atoms with Crippen molar-refractivity contribution in [2.45, 2.75) is 30.4 Å². The third-order valence-corrected chi connectivity index (χ3v) is 6.48. The second kappa shape index (κ2) is 9.21. The molecule has 1 aromatic rings. The maximum Gasteiger partial charge on any atom is 0.306 e. The molecule has 25 heavy (non-hydrogen) atoms. The number of sulfonamides is 1. The van der Waals surface area contributed by atoms with Crippen molar-refractivity contribution in [3.05, 3.63) is 23.8 Å². The maximum atomic E-state index is 12.3. The lowest BCUT2D eigenvalue weighted by Crippen LogP contribution is -2.25. The molecule has 1 atom stereocenters. The molecule has 0 heterocycles. The Bertz CT molecular complexity index is 732. The van der Waals surface area contributed by atoms with Gasteiger partial charge in [-0.05, 0) is 31.5 Å². The molecule has 1 N–H and O–H groups in total. The van der Waals surface area contributed by atoms with Crippen molar-refractivity contribution in [2.24, 2.45) is 0 Å². The predicted molar refractivity (Wildman–Crippen MR) is 99.2 cm³/mol. The molecule has 9 heteroatoms. The lowest BCUT2D eigenvalue weighted by molar-refractivity contribution is -0.140. The third-order valence-electron chi connectivity index (χ3n) is 3.52. The van der Waals surface area contributed by atoms with Crippen LogP contribution in [0.2, 0.25) is 0 Å². The molecule has 140 valence electrons. The fourth-order valence-corrected chi connectivity index (χ4v) is 3.62. The Hall–Kier alpha value is -1.58. The van der Waals surface area contributed by atoms with Gasteiger partial charge in [0.2, 0.25) is 15.9 Å². The molecule has 1 aromatic carbocycles. The monoisotopic (exact) mass is 388 g/mol. The van der Waals surface area contributed by atoms with Gasteiger partial charge in [-0.2, -0.15) is 0 Å². The number of ether oxygens (including phenoxy) is 1. The molecule has 0 bridgehead atoms. The summed E-state index contributed by atoms with van der Waals surface area (Å²) in [6.45, 7) is 3.52. The highest BCUT2D eigenvalue weighted by Gasteiger charge is 2.20. The fraction of sp³-hybridized carbons (Fsp3) is 0.500. The van der Waals surface area contributed by atoms with Crippen molar-refractivity contribution in [1.82, 2.24) is 4.31 Å². The molecule has 0 aliphatic carbocycles. The van der Waals surface area contributed by atoms with E-state index >= 15 is 0 Å². The van der Waals surface area contributed by atoms with Gasteiger partial charge < -0.3 is 10.1 Å². The number of methoxy groups -OCH3 is 1. The van der Waals surface area contributed by atoms with Gasteiger partial charge in [0.15, 0.2) is 0 Å². The number of carbonyl (C=O) groups excluding carboxylic acids is 2. The SMILES string of the molecule is COC(=O)CCSC(C)C(=O)Nc1cc(S(=O)(=O)N(C)C)ccc1C. The van der Waals surface area contributed by atoms with Crippen LogP contribution in [0, 0.1) is 6.92 Å². The summed E-state index contributed by atoms with van der Waals surface area (Å²) in [6, 6.07) is 4.62. The molecule has 1 amide bonds. The highest BCUT2D eigenvalue weighted by molar-refractivity contribution is 8.00. The molecule has 1 rings (SSSR count). The first-order valence-electron chi connectivity index (χ1n) is 7.62. The van der Waals surface area contributed by atoms with E-state index in [1.165, 1.54) is 45.1 Å². The Morgan fingerprint density at radius 1 is 1.32 bits per heavy atom. The number of anilines is 1. The summed E-state index contributed by atoms with van der Waals surface area (Å²) in [5.74, 6) is -0.107. The zero-order valence-electron chi connectivity index (χ0n) is 15.0. The first-order chi connectivity index (χ1) is 11.6. The Balaban J connectivity index is 2.81. The van der Waals surface area contributed by atoms with Crippen LogP contribution in [0.4, 0.5) is 5.69 Å². The van der Waals surface area contributed by atoms with Gasteiger partial charge in [0.1, 0.15) is 0 Å². The van der Waals surface area contributed by atoms with E-state index in [4.69, 9.17) is 0 Å². The molecule has 0 spiro atoms. The molecule has 0 fully saturated rings. The van der Waals surface area contributed by atoms with E-state index in [0.29, 0.717) is 11.4 Å². The summed E-state index contributed by atoms with van der Waals surface area (Å²) in [6.07, 6.45) is 0.231. The van der Waals surface area contributed by atoms with Gasteiger partial charge in [0.05, 0.1) is 23.7 Å². The number of hydrogen-bond donors (Lipinski definition) is 1. The van der Waals surface area contributed by atoms with Crippen molar-refractivity contribution >= 4 is 39.3 Å². The maximum absolute atomic E-state index is 12.3. The summed E-state index contributed by atoms with van der Waals surface area (Å²) in [4.78, 5) is 23.5. The second-order valence-electron chi connectivity index (χ2n) is 5.59. The largest absolute Gasteiger partial charge is 0.469 e. The van der Waals surface area contributed by atoms with Crippen LogP contribution in [0.5, 0.6) is 0 Å². The normalized spacial score (nSPS) is 12.7. The van der Waals surface area contributed by atoms with Crippen molar-refractivity contribution < 1.29 is 22.7 Å².